The van der Waals surface area contributed by atoms with Crippen molar-refractivity contribution in [1.29, 1.82) is 0 Å². The molecule has 0 N–H and O–H groups in total. The van der Waals surface area contributed by atoms with Gasteiger partial charge in [-0.2, -0.15) is 0 Å². The van der Waals surface area contributed by atoms with Crippen LogP contribution in [0.5, 0.6) is 0 Å². The zero-order chi connectivity index (χ0) is 13.4. The second-order valence-electron chi connectivity index (χ2n) is 3.59. The predicted octanol–water partition coefficient (Wildman–Crippen LogP) is 1.31. The third-order valence-corrected chi connectivity index (χ3v) is 2.25. The van der Waals surface area contributed by atoms with Gasteiger partial charge in [0.2, 0.25) is 6.29 Å². The van der Waals surface area contributed by atoms with Crippen LogP contribution in [0.3, 0.4) is 0 Å². The maximum Gasteiger partial charge on any atom is 0.313 e. The van der Waals surface area contributed by atoms with Crippen LogP contribution in [0.1, 0.15) is 12.0 Å². The van der Waals surface area contributed by atoms with Crippen LogP contribution in [0.25, 0.3) is 0 Å². The van der Waals surface area contributed by atoms with Gasteiger partial charge in [-0.1, -0.05) is 30.3 Å². The average molecular weight is 252 g/mol. The molecule has 0 heterocycles. The quantitative estimate of drug-likeness (QED) is 0.416. The summed E-state index contributed by atoms with van der Waals surface area (Å²) in [6.45, 7) is 0.150. The molecule has 0 aliphatic rings. The van der Waals surface area contributed by atoms with Crippen molar-refractivity contribution in [2.24, 2.45) is 0 Å². The van der Waals surface area contributed by atoms with E-state index in [2.05, 4.69) is 0 Å². The van der Waals surface area contributed by atoms with E-state index in [9.17, 15) is 9.59 Å². The lowest BCUT2D eigenvalue weighted by atomic mass is 10.2. The summed E-state index contributed by atoms with van der Waals surface area (Å²) in [5.74, 6) is -1.05. The van der Waals surface area contributed by atoms with Crippen LogP contribution >= 0.6 is 0 Å². The second kappa shape index (κ2) is 7.58. The molecule has 0 saturated heterocycles. The first kappa shape index (κ1) is 14.3. The number of ketones is 1. The van der Waals surface area contributed by atoms with E-state index in [0.29, 0.717) is 0 Å². The van der Waals surface area contributed by atoms with E-state index in [4.69, 9.17) is 14.2 Å². The molecular formula is C13H16O5. The summed E-state index contributed by atoms with van der Waals surface area (Å²) in [4.78, 5) is 22.9. The molecular weight excluding hydrogens is 236 g/mol. The Kier molecular flexibility index (Phi) is 6.04. The third kappa shape index (κ3) is 4.65. The summed E-state index contributed by atoms with van der Waals surface area (Å²) in [6, 6.07) is 9.24. The highest BCUT2D eigenvalue weighted by Crippen LogP contribution is 2.03. The van der Waals surface area contributed by atoms with E-state index < -0.39 is 18.0 Å². The summed E-state index contributed by atoms with van der Waals surface area (Å²) in [7, 11) is 2.67. The van der Waals surface area contributed by atoms with Crippen molar-refractivity contribution in [2.75, 3.05) is 14.2 Å². The van der Waals surface area contributed by atoms with E-state index in [1.807, 2.05) is 30.3 Å². The number of benzene rings is 1. The fourth-order valence-corrected chi connectivity index (χ4v) is 1.37. The summed E-state index contributed by atoms with van der Waals surface area (Å²) >= 11 is 0. The molecule has 5 heteroatoms. The smallest absolute Gasteiger partial charge is 0.313 e. The largest absolute Gasteiger partial charge is 0.460 e. The Labute approximate surface area is 106 Å². The highest BCUT2D eigenvalue weighted by molar-refractivity contribution is 5.97. The fraction of sp³-hybridized carbons (Fsp3) is 0.385. The van der Waals surface area contributed by atoms with Gasteiger partial charge >= 0.3 is 5.97 Å². The number of carbonyl (C=O) groups excluding carboxylic acids is 2. The molecule has 1 aromatic rings. The Morgan fingerprint density at radius 3 is 2.28 bits per heavy atom. The minimum atomic E-state index is -1.02. The number of hydrogen-bond donors (Lipinski definition) is 0. The molecule has 1 aromatic carbocycles. The standard InChI is InChI=1S/C13H16O5/c1-16-13(17-2)11(14)8-12(15)18-9-10-6-4-3-5-7-10/h3-7,13H,8-9H2,1-2H3. The number of ether oxygens (including phenoxy) is 3. The minimum absolute atomic E-state index is 0.150. The van der Waals surface area contributed by atoms with Crippen LogP contribution < -0.4 is 0 Å². The number of methoxy groups -OCH3 is 2. The van der Waals surface area contributed by atoms with Crippen LogP contribution in [0.2, 0.25) is 0 Å². The molecule has 0 aliphatic heterocycles. The van der Waals surface area contributed by atoms with Gasteiger partial charge in [-0.3, -0.25) is 9.59 Å². The molecule has 0 aliphatic carbocycles. The highest BCUT2D eigenvalue weighted by atomic mass is 16.7. The van der Waals surface area contributed by atoms with Gasteiger partial charge in [0, 0.05) is 14.2 Å². The van der Waals surface area contributed by atoms with Crippen molar-refractivity contribution >= 4 is 11.8 Å². The SMILES string of the molecule is COC(OC)C(=O)CC(=O)OCc1ccccc1. The van der Waals surface area contributed by atoms with Crippen LogP contribution in [-0.4, -0.2) is 32.3 Å². The van der Waals surface area contributed by atoms with Gasteiger partial charge in [0.15, 0.2) is 5.78 Å². The van der Waals surface area contributed by atoms with Crippen LogP contribution in [-0.2, 0) is 30.4 Å². The van der Waals surface area contributed by atoms with Crippen LogP contribution in [0, 0.1) is 0 Å². The Morgan fingerprint density at radius 2 is 1.72 bits per heavy atom. The third-order valence-electron chi connectivity index (χ3n) is 2.25. The maximum absolute atomic E-state index is 11.5. The second-order valence-corrected chi connectivity index (χ2v) is 3.59. The predicted molar refractivity (Wildman–Crippen MR) is 63.7 cm³/mol. The first-order valence-electron chi connectivity index (χ1n) is 5.45. The maximum atomic E-state index is 11.5. The molecule has 5 nitrogen and oxygen atoms in total. The van der Waals surface area contributed by atoms with Gasteiger partial charge in [-0.15, -0.1) is 0 Å². The molecule has 0 unspecified atom stereocenters. The van der Waals surface area contributed by atoms with Crippen molar-refractivity contribution in [3.05, 3.63) is 35.9 Å². The zero-order valence-electron chi connectivity index (χ0n) is 10.4. The molecule has 0 spiro atoms. The van der Waals surface area contributed by atoms with Crippen molar-refractivity contribution in [3.63, 3.8) is 0 Å². The lowest BCUT2D eigenvalue weighted by Gasteiger charge is -2.11. The molecule has 0 amide bonds. The van der Waals surface area contributed by atoms with Gasteiger partial charge < -0.3 is 14.2 Å². The van der Waals surface area contributed by atoms with E-state index in [1.165, 1.54) is 14.2 Å². The molecule has 0 aromatic heterocycles. The van der Waals surface area contributed by atoms with Crippen LogP contribution in [0.15, 0.2) is 30.3 Å². The van der Waals surface area contributed by atoms with Crippen molar-refractivity contribution in [2.45, 2.75) is 19.3 Å². The Hall–Kier alpha value is -1.72. The molecule has 98 valence electrons. The Morgan fingerprint density at radius 1 is 1.11 bits per heavy atom. The van der Waals surface area contributed by atoms with Gasteiger partial charge in [-0.05, 0) is 5.56 Å². The van der Waals surface area contributed by atoms with Gasteiger partial charge in [0.05, 0.1) is 0 Å². The van der Waals surface area contributed by atoms with Crippen molar-refractivity contribution in [3.8, 4) is 0 Å². The van der Waals surface area contributed by atoms with Crippen molar-refractivity contribution in [1.82, 2.24) is 0 Å². The normalized spacial score (nSPS) is 10.4. The number of rotatable bonds is 7. The van der Waals surface area contributed by atoms with E-state index >= 15 is 0 Å². The summed E-state index contributed by atoms with van der Waals surface area (Å²) < 4.78 is 14.5. The average Bonchev–Trinajstić information content (AvgIpc) is 2.39. The zero-order valence-corrected chi connectivity index (χ0v) is 10.4. The Bertz CT molecular complexity index is 384. The van der Waals surface area contributed by atoms with Gasteiger partial charge in [0.1, 0.15) is 13.0 Å². The molecule has 18 heavy (non-hydrogen) atoms. The fourth-order valence-electron chi connectivity index (χ4n) is 1.37. The molecule has 0 atom stereocenters. The van der Waals surface area contributed by atoms with Crippen molar-refractivity contribution < 1.29 is 23.8 Å². The highest BCUT2D eigenvalue weighted by Gasteiger charge is 2.20. The van der Waals surface area contributed by atoms with Gasteiger partial charge in [-0.25, -0.2) is 0 Å². The lowest BCUT2D eigenvalue weighted by molar-refractivity contribution is -0.162. The molecule has 0 fully saturated rings. The number of esters is 1. The number of Topliss-reactive ketones (excluding diaryl/α,β-unsaturated/α-hetero) is 1. The van der Waals surface area contributed by atoms with E-state index in [-0.39, 0.29) is 13.0 Å². The topological polar surface area (TPSA) is 61.8 Å². The van der Waals surface area contributed by atoms with E-state index in [0.717, 1.165) is 5.56 Å². The molecule has 1 rings (SSSR count). The molecule has 0 radical (unpaired) electrons. The van der Waals surface area contributed by atoms with E-state index in [1.54, 1.807) is 0 Å². The minimum Gasteiger partial charge on any atom is -0.460 e. The first-order valence-corrected chi connectivity index (χ1v) is 5.45. The molecule has 0 bridgehead atoms. The summed E-state index contributed by atoms with van der Waals surface area (Å²) in [6.07, 6.45) is -1.38. The summed E-state index contributed by atoms with van der Waals surface area (Å²) in [5.41, 5.74) is 0.869. The summed E-state index contributed by atoms with van der Waals surface area (Å²) in [5, 5.41) is 0. The van der Waals surface area contributed by atoms with Gasteiger partial charge in [0.25, 0.3) is 0 Å². The number of hydrogen-bond acceptors (Lipinski definition) is 5. The van der Waals surface area contributed by atoms with Crippen LogP contribution in [0.4, 0.5) is 0 Å². The monoisotopic (exact) mass is 252 g/mol. The first-order chi connectivity index (χ1) is 8.67. The number of carbonyl (C=O) groups is 2. The Balaban J connectivity index is 2.36. The lowest BCUT2D eigenvalue weighted by Crippen LogP contribution is -2.27. The molecule has 0 saturated carbocycles.